The quantitative estimate of drug-likeness (QED) is 0.123. The van der Waals surface area contributed by atoms with Crippen LogP contribution in [-0.4, -0.2) is 37.8 Å². The fraction of sp³-hybridized carbons (Fsp3) is 0.224. The van der Waals surface area contributed by atoms with Gasteiger partial charge in [0.05, 0.1) is 33.7 Å². The van der Waals surface area contributed by atoms with Gasteiger partial charge >= 0.3 is 119 Å². The van der Waals surface area contributed by atoms with E-state index in [2.05, 4.69) is 134 Å². The fourth-order valence-corrected chi connectivity index (χ4v) is 11.1. The van der Waals surface area contributed by atoms with Crippen LogP contribution in [0.1, 0.15) is 56.5 Å². The maximum Gasteiger partial charge on any atom is 0.216 e. The van der Waals surface area contributed by atoms with Crippen LogP contribution in [0.5, 0.6) is 0 Å². The number of furan rings is 1. The molecular weight excluding hydrogens is 939 g/mol. The zero-order valence-electron chi connectivity index (χ0n) is 34.0. The van der Waals surface area contributed by atoms with Gasteiger partial charge in [0.1, 0.15) is 0 Å². The molecule has 57 heavy (non-hydrogen) atoms. The molecule has 5 heterocycles. The van der Waals surface area contributed by atoms with Gasteiger partial charge in [-0.2, -0.15) is 0 Å². The van der Waals surface area contributed by atoms with Crippen LogP contribution in [0.15, 0.2) is 114 Å². The van der Waals surface area contributed by atoms with E-state index in [-0.39, 0.29) is 26.1 Å². The Kier molecular flexibility index (Phi) is 11.4. The zero-order valence-corrected chi connectivity index (χ0v) is 38.5. The van der Waals surface area contributed by atoms with Gasteiger partial charge < -0.3 is 8.98 Å². The van der Waals surface area contributed by atoms with E-state index in [0.29, 0.717) is 11.6 Å². The van der Waals surface area contributed by atoms with Crippen molar-refractivity contribution in [2.24, 2.45) is 0 Å². The Morgan fingerprint density at radius 3 is 2.23 bits per heavy atom. The standard InChI is InChI=1S/C32H25N4O.C17H22GeN.Ir/c1-18(2)36-29-26(16-13-22-12-11-20(4)33-28(22)29)34-31(36)24-14-10-19(3)27-23-15-17-25(21-8-6-5-7-9-21)35-32(23)37-30(24)27;1-13(2)15-11-17(14-9-7-6-8-10-14)19-12-16(15)18(3,4)5;/h5-13,15-18H,1-4H3;6-9,11-13H,1-5H3;/q2*-1;. The van der Waals surface area contributed by atoms with Crippen molar-refractivity contribution in [1.82, 2.24) is 24.5 Å². The fourth-order valence-electron chi connectivity index (χ4n) is 7.62. The number of fused-ring (bicyclic) bond motifs is 6. The van der Waals surface area contributed by atoms with Crippen molar-refractivity contribution in [2.75, 3.05) is 0 Å². The molecule has 0 aliphatic heterocycles. The number of nitrogens with zero attached hydrogens (tertiary/aromatic N) is 5. The summed E-state index contributed by atoms with van der Waals surface area (Å²) in [7, 11) is 0. The summed E-state index contributed by atoms with van der Waals surface area (Å²) in [5, 5.41) is 3.15. The van der Waals surface area contributed by atoms with Crippen molar-refractivity contribution < 1.29 is 24.5 Å². The summed E-state index contributed by atoms with van der Waals surface area (Å²) >= 11 is -1.85. The first-order chi connectivity index (χ1) is 26.9. The normalized spacial score (nSPS) is 11.8. The number of rotatable bonds is 6. The minimum atomic E-state index is -1.85. The number of pyridine rings is 3. The number of aromatic nitrogens is 5. The van der Waals surface area contributed by atoms with Gasteiger partial charge in [0.25, 0.3) is 0 Å². The van der Waals surface area contributed by atoms with Crippen molar-refractivity contribution in [3.8, 4) is 33.9 Å². The van der Waals surface area contributed by atoms with E-state index in [4.69, 9.17) is 19.4 Å². The van der Waals surface area contributed by atoms with E-state index in [0.717, 1.165) is 83.5 Å². The molecule has 0 N–H and O–H groups in total. The summed E-state index contributed by atoms with van der Waals surface area (Å²) in [6, 6.07) is 42.0. The van der Waals surface area contributed by atoms with Crippen molar-refractivity contribution in [1.29, 1.82) is 0 Å². The van der Waals surface area contributed by atoms with Gasteiger partial charge in [-0.25, -0.2) is 4.98 Å². The van der Waals surface area contributed by atoms with E-state index in [1.54, 1.807) is 0 Å². The van der Waals surface area contributed by atoms with Crippen LogP contribution < -0.4 is 4.40 Å². The van der Waals surface area contributed by atoms with Crippen LogP contribution in [0.25, 0.3) is 77.9 Å². The maximum atomic E-state index is 6.51. The molecule has 1 radical (unpaired) electrons. The molecule has 0 unspecified atom stereocenters. The van der Waals surface area contributed by atoms with Crippen LogP contribution in [0.4, 0.5) is 0 Å². The zero-order chi connectivity index (χ0) is 39.3. The molecule has 9 rings (SSSR count). The second-order valence-electron chi connectivity index (χ2n) is 16.3. The molecule has 0 saturated carbocycles. The Hall–Kier alpha value is -4.95. The van der Waals surface area contributed by atoms with Crippen molar-refractivity contribution in [2.45, 2.75) is 70.8 Å². The number of imidazole rings is 1. The van der Waals surface area contributed by atoms with Gasteiger partial charge in [-0.15, -0.1) is 17.7 Å². The molecule has 0 aliphatic rings. The summed E-state index contributed by atoms with van der Waals surface area (Å²) < 4.78 is 10.3. The van der Waals surface area contributed by atoms with Crippen molar-refractivity contribution in [3.63, 3.8) is 0 Å². The topological polar surface area (TPSA) is 69.6 Å². The first-order valence-electron chi connectivity index (χ1n) is 19.4. The molecule has 0 amide bonds. The number of aryl methyl sites for hydroxylation is 2. The molecule has 5 aromatic heterocycles. The third-order valence-electron chi connectivity index (χ3n) is 10.4. The first-order valence-corrected chi connectivity index (χ1v) is 26.8. The molecule has 0 saturated heterocycles. The van der Waals surface area contributed by atoms with Gasteiger partial charge in [0.15, 0.2) is 0 Å². The molecule has 0 atom stereocenters. The van der Waals surface area contributed by atoms with Gasteiger partial charge in [-0.05, 0) is 45.0 Å². The van der Waals surface area contributed by atoms with Crippen LogP contribution in [-0.2, 0) is 20.1 Å². The van der Waals surface area contributed by atoms with E-state index in [9.17, 15) is 0 Å². The maximum absolute atomic E-state index is 6.51. The number of hydrogen-bond acceptors (Lipinski definition) is 5. The summed E-state index contributed by atoms with van der Waals surface area (Å²) in [6.45, 7) is 13.0. The van der Waals surface area contributed by atoms with E-state index < -0.39 is 13.3 Å². The van der Waals surface area contributed by atoms with Gasteiger partial charge in [-0.3, -0.25) is 9.97 Å². The van der Waals surface area contributed by atoms with Gasteiger partial charge in [0, 0.05) is 48.2 Å². The van der Waals surface area contributed by atoms with Gasteiger partial charge in [-0.1, -0.05) is 60.3 Å². The number of hydrogen-bond donors (Lipinski definition) is 0. The molecule has 9 aromatic rings. The molecular formula is C49H47GeIrN5O-2. The Morgan fingerprint density at radius 2 is 1.53 bits per heavy atom. The first kappa shape index (κ1) is 40.3. The molecule has 6 nitrogen and oxygen atoms in total. The van der Waals surface area contributed by atoms with E-state index in [1.165, 1.54) is 9.96 Å². The van der Waals surface area contributed by atoms with E-state index in [1.807, 2.05) is 55.5 Å². The van der Waals surface area contributed by atoms with Crippen LogP contribution in [0, 0.1) is 26.0 Å². The minimum Gasteiger partial charge on any atom is -0.486 e. The number of benzene rings is 4. The largest absolute Gasteiger partial charge is 0.486 e. The average molecular weight is 987 g/mol. The summed E-state index contributed by atoms with van der Waals surface area (Å²) in [5.74, 6) is 8.66. The molecule has 8 heteroatoms. The average Bonchev–Trinajstić information content (AvgIpc) is 3.78. The second-order valence-corrected chi connectivity index (χ2v) is 26.8. The molecule has 0 spiro atoms. The summed E-state index contributed by atoms with van der Waals surface area (Å²) in [5.41, 5.74) is 12.8. The van der Waals surface area contributed by atoms with Crippen LogP contribution in [0.2, 0.25) is 17.3 Å². The van der Waals surface area contributed by atoms with Crippen LogP contribution >= 0.6 is 0 Å². The Bertz CT molecular complexity index is 2870. The molecule has 4 aromatic carbocycles. The Labute approximate surface area is 351 Å². The third kappa shape index (κ3) is 7.73. The molecule has 0 fully saturated rings. The third-order valence-corrected chi connectivity index (χ3v) is 14.7. The predicted octanol–water partition coefficient (Wildman–Crippen LogP) is 12.4. The van der Waals surface area contributed by atoms with Gasteiger partial charge in [0.2, 0.25) is 5.71 Å². The van der Waals surface area contributed by atoms with E-state index >= 15 is 0 Å². The minimum absolute atomic E-state index is 0. The monoisotopic (exact) mass is 988 g/mol. The summed E-state index contributed by atoms with van der Waals surface area (Å²) in [4.78, 5) is 19.6. The second kappa shape index (κ2) is 16.1. The SMILES string of the molecule is CC(C)c1cc(-c2[c-]cccc2)nc[c]1[Ge]([CH3])([CH3])[CH3].Cc1ccc2ccc3nc(-c4[c-]cc(C)c5c4oc4nc(-c6ccccc6)ccc45)n(C(C)C)c3c2n1.[Ir]. The van der Waals surface area contributed by atoms with Crippen LogP contribution in [0.3, 0.4) is 0 Å². The Morgan fingerprint density at radius 1 is 0.772 bits per heavy atom. The van der Waals surface area contributed by atoms with Crippen molar-refractivity contribution in [3.05, 3.63) is 138 Å². The molecule has 0 bridgehead atoms. The van der Waals surface area contributed by atoms with Crippen molar-refractivity contribution >= 4 is 61.7 Å². The molecule has 289 valence electrons. The smallest absolute Gasteiger partial charge is 0.216 e. The molecule has 0 aliphatic carbocycles. The predicted molar refractivity (Wildman–Crippen MR) is 235 cm³/mol. The Balaban J connectivity index is 0.000000211. The summed E-state index contributed by atoms with van der Waals surface area (Å²) in [6.07, 6.45) is 2.12.